The number of amides is 1. The predicted octanol–water partition coefficient (Wildman–Crippen LogP) is 1.09. The molecule has 0 fully saturated rings. The molecule has 0 saturated heterocycles. The summed E-state index contributed by atoms with van der Waals surface area (Å²) in [6, 6.07) is 0. The van der Waals surface area contributed by atoms with Crippen LogP contribution in [0.25, 0.3) is 0 Å². The zero-order valence-electron chi connectivity index (χ0n) is 6.26. The van der Waals surface area contributed by atoms with Gasteiger partial charge in [0.25, 0.3) is 0 Å². The Morgan fingerprint density at radius 2 is 2.50 bits per heavy atom. The van der Waals surface area contributed by atoms with Crippen molar-refractivity contribution in [2.75, 3.05) is 7.05 Å². The van der Waals surface area contributed by atoms with Crippen molar-refractivity contribution in [2.24, 2.45) is 5.92 Å². The summed E-state index contributed by atoms with van der Waals surface area (Å²) in [6.07, 6.45) is 7.38. The molecule has 1 aliphatic rings. The van der Waals surface area contributed by atoms with Gasteiger partial charge in [-0.2, -0.15) is 0 Å². The quantitative estimate of drug-likeness (QED) is 0.541. The van der Waals surface area contributed by atoms with Gasteiger partial charge >= 0.3 is 0 Å². The second-order valence-corrected chi connectivity index (χ2v) is 2.58. The molecular formula is C8H13NO. The van der Waals surface area contributed by atoms with Crippen LogP contribution in [0.2, 0.25) is 0 Å². The second-order valence-electron chi connectivity index (χ2n) is 2.58. The molecule has 0 unspecified atom stereocenters. The molecular weight excluding hydrogens is 126 g/mol. The van der Waals surface area contributed by atoms with Crippen molar-refractivity contribution in [1.29, 1.82) is 0 Å². The average Bonchev–Trinajstić information content (AvgIpc) is 2.05. The third-order valence-electron chi connectivity index (χ3n) is 1.84. The van der Waals surface area contributed by atoms with E-state index in [0.717, 1.165) is 19.3 Å². The molecule has 0 aromatic carbocycles. The topological polar surface area (TPSA) is 29.1 Å². The summed E-state index contributed by atoms with van der Waals surface area (Å²) in [5.41, 5.74) is 0. The molecule has 0 aliphatic heterocycles. The fourth-order valence-electron chi connectivity index (χ4n) is 1.22. The second kappa shape index (κ2) is 3.40. The molecule has 0 aromatic rings. The number of carbonyl (C=O) groups excluding carboxylic acids is 1. The summed E-state index contributed by atoms with van der Waals surface area (Å²) in [5.74, 6) is 0.287. The molecule has 0 radical (unpaired) electrons. The van der Waals surface area contributed by atoms with Gasteiger partial charge in [-0.15, -0.1) is 0 Å². The standard InChI is InChI=1S/C8H13NO/c1-9-8(10)7-5-3-2-4-6-7/h3,5,7H,2,4,6H2,1H3,(H,9,10)/t7-/m1/s1. The van der Waals surface area contributed by atoms with Crippen LogP contribution in [0.4, 0.5) is 0 Å². The number of carbonyl (C=O) groups is 1. The highest BCUT2D eigenvalue weighted by Gasteiger charge is 2.14. The average molecular weight is 139 g/mol. The fraction of sp³-hybridized carbons (Fsp3) is 0.625. The monoisotopic (exact) mass is 139 g/mol. The molecule has 1 amide bonds. The lowest BCUT2D eigenvalue weighted by atomic mass is 9.95. The molecule has 0 heterocycles. The highest BCUT2D eigenvalue weighted by atomic mass is 16.1. The Balaban J connectivity index is 2.46. The lowest BCUT2D eigenvalue weighted by Gasteiger charge is -2.13. The molecule has 1 rings (SSSR count). The van der Waals surface area contributed by atoms with Crippen LogP contribution in [0.15, 0.2) is 12.2 Å². The van der Waals surface area contributed by atoms with E-state index in [4.69, 9.17) is 0 Å². The third-order valence-corrected chi connectivity index (χ3v) is 1.84. The van der Waals surface area contributed by atoms with Crippen LogP contribution in [0.5, 0.6) is 0 Å². The highest BCUT2D eigenvalue weighted by molar-refractivity contribution is 5.80. The summed E-state index contributed by atoms with van der Waals surface area (Å²) in [5, 5.41) is 2.64. The maximum Gasteiger partial charge on any atom is 0.226 e. The number of allylic oxidation sites excluding steroid dienone is 1. The van der Waals surface area contributed by atoms with Crippen molar-refractivity contribution in [3.63, 3.8) is 0 Å². The summed E-state index contributed by atoms with van der Waals surface area (Å²) in [4.78, 5) is 11.0. The number of hydrogen-bond donors (Lipinski definition) is 1. The zero-order chi connectivity index (χ0) is 7.40. The van der Waals surface area contributed by atoms with Crippen molar-refractivity contribution in [3.8, 4) is 0 Å². The summed E-state index contributed by atoms with van der Waals surface area (Å²) >= 11 is 0. The maximum absolute atomic E-state index is 11.0. The van der Waals surface area contributed by atoms with Gasteiger partial charge in [0.15, 0.2) is 0 Å². The smallest absolute Gasteiger partial charge is 0.226 e. The predicted molar refractivity (Wildman–Crippen MR) is 40.5 cm³/mol. The first-order valence-electron chi connectivity index (χ1n) is 3.73. The normalized spacial score (nSPS) is 24.3. The Bertz CT molecular complexity index is 151. The molecule has 0 aromatic heterocycles. The van der Waals surface area contributed by atoms with Crippen LogP contribution < -0.4 is 5.32 Å². The van der Waals surface area contributed by atoms with Gasteiger partial charge in [0.1, 0.15) is 0 Å². The van der Waals surface area contributed by atoms with Gasteiger partial charge in [0.2, 0.25) is 5.91 Å². The van der Waals surface area contributed by atoms with E-state index in [0.29, 0.717) is 0 Å². The molecule has 0 spiro atoms. The Labute approximate surface area is 61.3 Å². The Morgan fingerprint density at radius 3 is 3.00 bits per heavy atom. The van der Waals surface area contributed by atoms with Gasteiger partial charge in [0, 0.05) is 7.05 Å². The van der Waals surface area contributed by atoms with Gasteiger partial charge in [-0.25, -0.2) is 0 Å². The van der Waals surface area contributed by atoms with E-state index in [9.17, 15) is 4.79 Å². The van der Waals surface area contributed by atoms with Gasteiger partial charge in [-0.05, 0) is 19.3 Å². The van der Waals surface area contributed by atoms with E-state index < -0.39 is 0 Å². The summed E-state index contributed by atoms with van der Waals surface area (Å²) < 4.78 is 0. The molecule has 2 nitrogen and oxygen atoms in total. The number of rotatable bonds is 1. The van der Waals surface area contributed by atoms with E-state index in [1.165, 1.54) is 0 Å². The molecule has 56 valence electrons. The Morgan fingerprint density at radius 1 is 1.70 bits per heavy atom. The summed E-state index contributed by atoms with van der Waals surface area (Å²) in [7, 11) is 1.69. The Kier molecular flexibility index (Phi) is 2.49. The number of hydrogen-bond acceptors (Lipinski definition) is 1. The minimum atomic E-state index is 0.138. The zero-order valence-corrected chi connectivity index (χ0v) is 6.26. The van der Waals surface area contributed by atoms with Gasteiger partial charge in [-0.3, -0.25) is 4.79 Å². The van der Waals surface area contributed by atoms with Crippen LogP contribution in [0.1, 0.15) is 19.3 Å². The van der Waals surface area contributed by atoms with Crippen LogP contribution in [-0.4, -0.2) is 13.0 Å². The Hall–Kier alpha value is -0.790. The minimum absolute atomic E-state index is 0.138. The van der Waals surface area contributed by atoms with E-state index in [1.807, 2.05) is 6.08 Å². The van der Waals surface area contributed by atoms with Crippen LogP contribution in [-0.2, 0) is 4.79 Å². The number of nitrogens with one attached hydrogen (secondary N) is 1. The van der Waals surface area contributed by atoms with Gasteiger partial charge in [-0.1, -0.05) is 12.2 Å². The first-order valence-corrected chi connectivity index (χ1v) is 3.73. The first-order chi connectivity index (χ1) is 4.84. The van der Waals surface area contributed by atoms with E-state index in [-0.39, 0.29) is 11.8 Å². The largest absolute Gasteiger partial charge is 0.359 e. The lowest BCUT2D eigenvalue weighted by Crippen LogP contribution is -2.26. The SMILES string of the molecule is CNC(=O)[C@@H]1C=CCCC1. The minimum Gasteiger partial charge on any atom is -0.359 e. The maximum atomic E-state index is 11.0. The summed E-state index contributed by atoms with van der Waals surface area (Å²) in [6.45, 7) is 0. The van der Waals surface area contributed by atoms with Crippen molar-refractivity contribution in [1.82, 2.24) is 5.32 Å². The molecule has 0 bridgehead atoms. The first kappa shape index (κ1) is 7.32. The van der Waals surface area contributed by atoms with Crippen LogP contribution in [0.3, 0.4) is 0 Å². The van der Waals surface area contributed by atoms with Crippen molar-refractivity contribution in [2.45, 2.75) is 19.3 Å². The molecule has 2 heteroatoms. The molecule has 1 atom stereocenters. The molecule has 1 N–H and O–H groups in total. The van der Waals surface area contributed by atoms with Gasteiger partial charge < -0.3 is 5.32 Å². The van der Waals surface area contributed by atoms with Crippen molar-refractivity contribution >= 4 is 5.91 Å². The molecule has 1 aliphatic carbocycles. The highest BCUT2D eigenvalue weighted by Crippen LogP contribution is 2.16. The fourth-order valence-corrected chi connectivity index (χ4v) is 1.22. The lowest BCUT2D eigenvalue weighted by molar-refractivity contribution is -0.123. The molecule has 0 saturated carbocycles. The van der Waals surface area contributed by atoms with Crippen molar-refractivity contribution < 1.29 is 4.79 Å². The van der Waals surface area contributed by atoms with Gasteiger partial charge in [0.05, 0.1) is 5.92 Å². The van der Waals surface area contributed by atoms with Crippen molar-refractivity contribution in [3.05, 3.63) is 12.2 Å². The third kappa shape index (κ3) is 1.59. The van der Waals surface area contributed by atoms with E-state index in [1.54, 1.807) is 7.05 Å². The van der Waals surface area contributed by atoms with Crippen LogP contribution in [0, 0.1) is 5.92 Å². The van der Waals surface area contributed by atoms with Crippen LogP contribution >= 0.6 is 0 Å². The van der Waals surface area contributed by atoms with E-state index in [2.05, 4.69) is 11.4 Å². The van der Waals surface area contributed by atoms with E-state index >= 15 is 0 Å². The molecule has 10 heavy (non-hydrogen) atoms.